The third-order valence-electron chi connectivity index (χ3n) is 4.66. The number of carbonyl (C=O) groups is 1. The molecule has 0 aliphatic heterocycles. The minimum Gasteiger partial charge on any atom is -0.462 e. The van der Waals surface area contributed by atoms with Crippen molar-refractivity contribution in [1.82, 2.24) is 0 Å². The van der Waals surface area contributed by atoms with Crippen molar-refractivity contribution < 1.29 is 40.3 Å². The zero-order valence-corrected chi connectivity index (χ0v) is 17.9. The summed E-state index contributed by atoms with van der Waals surface area (Å²) in [5.41, 5.74) is -3.30. The number of alkyl halides is 3. The largest absolute Gasteiger partial charge is 0.462 e. The maximum Gasteiger partial charge on any atom is 0.422 e. The number of anilines is 2. The predicted octanol–water partition coefficient (Wildman–Crippen LogP) is 6.19. The molecule has 2 aromatic rings. The normalized spacial score (nSPS) is 13.5. The number of aryl methyl sites for hydroxylation is 1. The second kappa shape index (κ2) is 9.22. The van der Waals surface area contributed by atoms with Crippen LogP contribution in [0.1, 0.15) is 46.1 Å². The number of esters is 1. The van der Waals surface area contributed by atoms with Crippen LogP contribution in [0.5, 0.6) is 0 Å². The molecule has 1 aromatic heterocycles. The molecule has 0 fully saturated rings. The first-order chi connectivity index (χ1) is 15.0. The molecule has 0 saturated carbocycles. The standard InChI is InChI=1S/C19H15F7N2O2S2/c1-2-30-17(29)9-7-5-3-4-6-8(7)32-16(9)28-18(31)27-15-13(22)11(20)10(19(24,25)26)12(21)14(15)23/h2-6H2,1H3,(H2,27,28,31). The van der Waals surface area contributed by atoms with Crippen LogP contribution >= 0.6 is 23.6 Å². The van der Waals surface area contributed by atoms with Crippen molar-refractivity contribution in [2.45, 2.75) is 38.8 Å². The highest BCUT2D eigenvalue weighted by atomic mass is 32.1. The summed E-state index contributed by atoms with van der Waals surface area (Å²) in [6.45, 7) is 1.70. The van der Waals surface area contributed by atoms with E-state index in [2.05, 4.69) is 5.32 Å². The van der Waals surface area contributed by atoms with Crippen LogP contribution in [0.3, 0.4) is 0 Å². The van der Waals surface area contributed by atoms with Crippen LogP contribution < -0.4 is 10.6 Å². The molecule has 1 heterocycles. The quantitative estimate of drug-likeness (QED) is 0.227. The van der Waals surface area contributed by atoms with Gasteiger partial charge in [0.1, 0.15) is 16.3 Å². The summed E-state index contributed by atoms with van der Waals surface area (Å²) in [5, 5.41) is 3.96. The summed E-state index contributed by atoms with van der Waals surface area (Å²) in [6, 6.07) is 0. The van der Waals surface area contributed by atoms with E-state index in [0.29, 0.717) is 12.8 Å². The molecule has 1 aliphatic rings. The Morgan fingerprint density at radius 2 is 1.62 bits per heavy atom. The lowest BCUT2D eigenvalue weighted by atomic mass is 9.95. The van der Waals surface area contributed by atoms with Gasteiger partial charge in [-0.15, -0.1) is 11.3 Å². The maximum atomic E-state index is 14.1. The summed E-state index contributed by atoms with van der Waals surface area (Å²) in [5.74, 6) is -10.5. The number of halogens is 7. The number of fused-ring (bicyclic) bond motifs is 1. The number of rotatable bonds is 4. The van der Waals surface area contributed by atoms with Crippen molar-refractivity contribution in [2.75, 3.05) is 17.2 Å². The molecule has 1 aliphatic carbocycles. The van der Waals surface area contributed by atoms with Crippen molar-refractivity contribution >= 4 is 45.3 Å². The summed E-state index contributed by atoms with van der Waals surface area (Å²) < 4.78 is 99.1. The molecule has 2 N–H and O–H groups in total. The van der Waals surface area contributed by atoms with E-state index < -0.39 is 51.8 Å². The van der Waals surface area contributed by atoms with E-state index >= 15 is 0 Å². The van der Waals surface area contributed by atoms with Gasteiger partial charge in [-0.3, -0.25) is 0 Å². The molecule has 0 spiro atoms. The molecule has 174 valence electrons. The average Bonchev–Trinajstić information content (AvgIpc) is 3.06. The van der Waals surface area contributed by atoms with Gasteiger partial charge in [-0.25, -0.2) is 22.4 Å². The van der Waals surface area contributed by atoms with Crippen LogP contribution in [-0.4, -0.2) is 17.7 Å². The van der Waals surface area contributed by atoms with Crippen LogP contribution in [-0.2, 0) is 23.8 Å². The molecule has 0 saturated heterocycles. The van der Waals surface area contributed by atoms with Crippen LogP contribution in [0.15, 0.2) is 0 Å². The van der Waals surface area contributed by atoms with Gasteiger partial charge >= 0.3 is 12.1 Å². The lowest BCUT2D eigenvalue weighted by Crippen LogP contribution is -2.24. The molecule has 0 amide bonds. The van der Waals surface area contributed by atoms with E-state index in [1.165, 1.54) is 0 Å². The Bertz CT molecular complexity index is 1050. The number of thiocarbonyl (C=S) groups is 1. The van der Waals surface area contributed by atoms with E-state index in [1.54, 1.807) is 6.92 Å². The summed E-state index contributed by atoms with van der Waals surface area (Å²) in [4.78, 5) is 13.3. The second-order valence-electron chi connectivity index (χ2n) is 6.72. The Balaban J connectivity index is 1.93. The van der Waals surface area contributed by atoms with E-state index in [9.17, 15) is 35.5 Å². The fraction of sp³-hybridized carbons (Fsp3) is 0.368. The average molecular weight is 500 g/mol. The van der Waals surface area contributed by atoms with E-state index in [-0.39, 0.29) is 17.2 Å². The molecule has 0 radical (unpaired) electrons. The smallest absolute Gasteiger partial charge is 0.422 e. The van der Waals surface area contributed by atoms with Gasteiger partial charge in [-0.1, -0.05) is 0 Å². The Hall–Kier alpha value is -2.41. The molecule has 0 atom stereocenters. The number of thiophene rings is 1. The molecule has 0 unspecified atom stereocenters. The van der Waals surface area contributed by atoms with Crippen molar-refractivity contribution in [3.05, 3.63) is 44.8 Å². The number of ether oxygens (including phenoxy) is 1. The monoisotopic (exact) mass is 500 g/mol. The number of carbonyl (C=O) groups excluding carboxylic acids is 1. The first-order valence-electron chi connectivity index (χ1n) is 9.30. The molecule has 0 bridgehead atoms. The van der Waals surface area contributed by atoms with Gasteiger partial charge < -0.3 is 15.4 Å². The van der Waals surface area contributed by atoms with E-state index in [0.717, 1.165) is 34.6 Å². The van der Waals surface area contributed by atoms with Crippen LogP contribution in [0.2, 0.25) is 0 Å². The van der Waals surface area contributed by atoms with Crippen molar-refractivity contribution in [2.24, 2.45) is 0 Å². The fourth-order valence-electron chi connectivity index (χ4n) is 3.31. The molecular weight excluding hydrogens is 485 g/mol. The summed E-state index contributed by atoms with van der Waals surface area (Å²) in [7, 11) is 0. The zero-order valence-electron chi connectivity index (χ0n) is 16.3. The lowest BCUT2D eigenvalue weighted by Gasteiger charge is -2.16. The van der Waals surface area contributed by atoms with Crippen LogP contribution in [0.4, 0.5) is 41.4 Å². The Labute approximate surface area is 186 Å². The molecule has 3 rings (SSSR count). The first-order valence-corrected chi connectivity index (χ1v) is 10.5. The van der Waals surface area contributed by atoms with Crippen molar-refractivity contribution in [1.29, 1.82) is 0 Å². The second-order valence-corrected chi connectivity index (χ2v) is 8.23. The Kier molecular flexibility index (Phi) is 6.98. The highest BCUT2D eigenvalue weighted by Crippen LogP contribution is 2.40. The van der Waals surface area contributed by atoms with Crippen LogP contribution in [0, 0.1) is 23.3 Å². The van der Waals surface area contributed by atoms with Gasteiger partial charge in [0.2, 0.25) is 0 Å². The first kappa shape index (κ1) is 24.2. The highest BCUT2D eigenvalue weighted by molar-refractivity contribution is 7.80. The zero-order chi connectivity index (χ0) is 23.8. The highest BCUT2D eigenvalue weighted by Gasteiger charge is 2.42. The van der Waals surface area contributed by atoms with E-state index in [4.69, 9.17) is 17.0 Å². The number of hydrogen-bond acceptors (Lipinski definition) is 4. The fourth-order valence-corrected chi connectivity index (χ4v) is 4.86. The third-order valence-corrected chi connectivity index (χ3v) is 6.07. The van der Waals surface area contributed by atoms with E-state index in [1.807, 2.05) is 5.32 Å². The Morgan fingerprint density at radius 3 is 2.19 bits per heavy atom. The molecule has 32 heavy (non-hydrogen) atoms. The molecule has 13 heteroatoms. The van der Waals surface area contributed by atoms with Gasteiger partial charge in [-0.2, -0.15) is 13.2 Å². The number of hydrogen-bond donors (Lipinski definition) is 2. The van der Waals surface area contributed by atoms with Gasteiger partial charge in [0.25, 0.3) is 0 Å². The Morgan fingerprint density at radius 1 is 1.03 bits per heavy atom. The minimum atomic E-state index is -5.66. The summed E-state index contributed by atoms with van der Waals surface area (Å²) in [6.07, 6.45) is -2.65. The summed E-state index contributed by atoms with van der Waals surface area (Å²) >= 11 is 6.07. The van der Waals surface area contributed by atoms with Gasteiger partial charge in [-0.05, 0) is 50.4 Å². The van der Waals surface area contributed by atoms with Crippen molar-refractivity contribution in [3.8, 4) is 0 Å². The van der Waals surface area contributed by atoms with Gasteiger partial charge in [0, 0.05) is 4.88 Å². The minimum absolute atomic E-state index is 0.0894. The van der Waals surface area contributed by atoms with Crippen molar-refractivity contribution in [3.63, 3.8) is 0 Å². The van der Waals surface area contributed by atoms with Crippen LogP contribution in [0.25, 0.3) is 0 Å². The topological polar surface area (TPSA) is 50.4 Å². The third kappa shape index (κ3) is 4.53. The lowest BCUT2D eigenvalue weighted by molar-refractivity contribution is -0.143. The van der Waals surface area contributed by atoms with Gasteiger partial charge in [0.05, 0.1) is 12.2 Å². The molecular formula is C19H15F7N2O2S2. The maximum absolute atomic E-state index is 14.1. The molecule has 4 nitrogen and oxygen atoms in total. The number of nitrogens with one attached hydrogen (secondary N) is 2. The SMILES string of the molecule is CCOC(=O)c1c(NC(=S)Nc2c(F)c(F)c(C(F)(F)F)c(F)c2F)sc2c1CCCC2. The van der Waals surface area contributed by atoms with Gasteiger partial charge in [0.15, 0.2) is 28.4 Å². The predicted molar refractivity (Wildman–Crippen MR) is 108 cm³/mol. The molecule has 1 aromatic carbocycles. The number of benzene rings is 1.